The second-order valence-corrected chi connectivity index (χ2v) is 5.21. The molecule has 0 spiro atoms. The molecule has 0 unspecified atom stereocenters. The van der Waals surface area contributed by atoms with Crippen molar-refractivity contribution in [2.75, 3.05) is 0 Å². The zero-order chi connectivity index (χ0) is 11.5. The number of rotatable bonds is 1. The highest BCUT2D eigenvalue weighted by atomic mass is 14.9. The molecule has 0 atom stereocenters. The number of aryl methyl sites for hydroxylation is 3. The minimum absolute atomic E-state index is 0.0405. The van der Waals surface area contributed by atoms with E-state index in [0.29, 0.717) is 0 Å². The van der Waals surface area contributed by atoms with Crippen LogP contribution in [0.4, 0.5) is 0 Å². The minimum atomic E-state index is -0.0405. The van der Waals surface area contributed by atoms with Gasteiger partial charge < -0.3 is 10.3 Å². The lowest BCUT2D eigenvalue weighted by Crippen LogP contribution is -2.18. The summed E-state index contributed by atoms with van der Waals surface area (Å²) in [6.45, 7) is 4.36. The van der Waals surface area contributed by atoms with Crippen LogP contribution < -0.4 is 5.73 Å². The second kappa shape index (κ2) is 2.89. The van der Waals surface area contributed by atoms with Crippen LogP contribution in [0.2, 0.25) is 0 Å². The van der Waals surface area contributed by atoms with Crippen LogP contribution in [0.3, 0.4) is 0 Å². The Bertz CT molecular complexity index is 574. The molecular formula is C14H18N2. The third kappa shape index (κ3) is 1.17. The van der Waals surface area contributed by atoms with Crippen LogP contribution in [0.15, 0.2) is 18.3 Å². The van der Waals surface area contributed by atoms with Gasteiger partial charge in [0.15, 0.2) is 0 Å². The Morgan fingerprint density at radius 3 is 2.56 bits per heavy atom. The number of fused-ring (bicyclic) bond motifs is 1. The molecule has 1 heterocycles. The molecule has 3 rings (SSSR count). The van der Waals surface area contributed by atoms with Gasteiger partial charge in [-0.3, -0.25) is 0 Å². The molecule has 2 nitrogen and oxygen atoms in total. The van der Waals surface area contributed by atoms with Crippen molar-refractivity contribution in [1.29, 1.82) is 0 Å². The summed E-state index contributed by atoms with van der Waals surface area (Å²) in [6.07, 6.45) is 4.46. The lowest BCUT2D eigenvalue weighted by Gasteiger charge is -2.08. The first kappa shape index (κ1) is 9.91. The van der Waals surface area contributed by atoms with Crippen molar-refractivity contribution in [3.05, 3.63) is 35.0 Å². The zero-order valence-corrected chi connectivity index (χ0v) is 10.2. The maximum Gasteiger partial charge on any atom is 0.0513 e. The monoisotopic (exact) mass is 214 g/mol. The molecule has 2 N–H and O–H groups in total. The number of hydrogen-bond donors (Lipinski definition) is 1. The molecular weight excluding hydrogens is 196 g/mol. The third-order valence-electron chi connectivity index (χ3n) is 3.99. The Hall–Kier alpha value is -1.28. The van der Waals surface area contributed by atoms with Gasteiger partial charge >= 0.3 is 0 Å². The Morgan fingerprint density at radius 2 is 1.94 bits per heavy atom. The maximum atomic E-state index is 6.32. The normalized spacial score (nSPS) is 18.0. The quantitative estimate of drug-likeness (QED) is 0.777. The van der Waals surface area contributed by atoms with Gasteiger partial charge in [-0.25, -0.2) is 0 Å². The molecule has 1 saturated carbocycles. The van der Waals surface area contributed by atoms with Gasteiger partial charge in [0, 0.05) is 24.2 Å². The molecule has 0 radical (unpaired) electrons. The Balaban J connectivity index is 2.38. The highest BCUT2D eigenvalue weighted by Gasteiger charge is 2.42. The van der Waals surface area contributed by atoms with Crippen LogP contribution in [-0.4, -0.2) is 4.57 Å². The van der Waals surface area contributed by atoms with E-state index >= 15 is 0 Å². The Labute approximate surface area is 96.1 Å². The van der Waals surface area contributed by atoms with Crippen molar-refractivity contribution in [1.82, 2.24) is 4.57 Å². The van der Waals surface area contributed by atoms with Crippen molar-refractivity contribution < 1.29 is 0 Å². The van der Waals surface area contributed by atoms with Gasteiger partial charge in [0.1, 0.15) is 0 Å². The summed E-state index contributed by atoms with van der Waals surface area (Å²) in [5.41, 5.74) is 11.7. The molecule has 1 fully saturated rings. The fraction of sp³-hybridized carbons (Fsp3) is 0.429. The predicted octanol–water partition coefficient (Wildman–Crippen LogP) is 2.74. The first-order chi connectivity index (χ1) is 7.53. The molecule has 2 heteroatoms. The Morgan fingerprint density at radius 1 is 1.25 bits per heavy atom. The van der Waals surface area contributed by atoms with Crippen LogP contribution >= 0.6 is 0 Å². The highest BCUT2D eigenvalue weighted by Crippen LogP contribution is 2.46. The van der Waals surface area contributed by atoms with Crippen LogP contribution in [0.25, 0.3) is 10.9 Å². The van der Waals surface area contributed by atoms with E-state index in [1.807, 2.05) is 0 Å². The number of hydrogen-bond acceptors (Lipinski definition) is 1. The van der Waals surface area contributed by atoms with E-state index in [-0.39, 0.29) is 5.54 Å². The summed E-state index contributed by atoms with van der Waals surface area (Å²) in [5.74, 6) is 0. The van der Waals surface area contributed by atoms with E-state index < -0.39 is 0 Å². The predicted molar refractivity (Wildman–Crippen MR) is 67.5 cm³/mol. The molecule has 0 aliphatic heterocycles. The lowest BCUT2D eigenvalue weighted by molar-refractivity contribution is 0.741. The number of aromatic nitrogens is 1. The fourth-order valence-corrected chi connectivity index (χ4v) is 2.60. The van der Waals surface area contributed by atoms with Gasteiger partial charge in [-0.2, -0.15) is 0 Å². The number of benzene rings is 1. The van der Waals surface area contributed by atoms with Gasteiger partial charge in [-0.1, -0.05) is 12.1 Å². The molecule has 1 aliphatic rings. The van der Waals surface area contributed by atoms with E-state index in [2.05, 4.69) is 43.8 Å². The Kier molecular flexibility index (Phi) is 1.79. The fourth-order valence-electron chi connectivity index (χ4n) is 2.60. The molecule has 16 heavy (non-hydrogen) atoms. The zero-order valence-electron chi connectivity index (χ0n) is 10.2. The lowest BCUT2D eigenvalue weighted by atomic mass is 10.0. The second-order valence-electron chi connectivity index (χ2n) is 5.21. The van der Waals surface area contributed by atoms with E-state index in [4.69, 9.17) is 5.73 Å². The smallest absolute Gasteiger partial charge is 0.0513 e. The maximum absolute atomic E-state index is 6.32. The number of nitrogens with zero attached hydrogens (tertiary/aromatic N) is 1. The summed E-state index contributed by atoms with van der Waals surface area (Å²) >= 11 is 0. The summed E-state index contributed by atoms with van der Waals surface area (Å²) in [6, 6.07) is 4.42. The average Bonchev–Trinajstić information content (AvgIpc) is 2.88. The largest absolute Gasteiger partial charge is 0.350 e. The minimum Gasteiger partial charge on any atom is -0.350 e. The molecule has 0 saturated heterocycles. The SMILES string of the molecule is Cc1ccc2c(C3(N)CC3)cn(C)c2c1C. The summed E-state index contributed by atoms with van der Waals surface area (Å²) in [5, 5.41) is 1.34. The van der Waals surface area contributed by atoms with E-state index in [0.717, 1.165) is 12.8 Å². The first-order valence-electron chi connectivity index (χ1n) is 5.87. The van der Waals surface area contributed by atoms with Gasteiger partial charge in [-0.05, 0) is 43.4 Å². The van der Waals surface area contributed by atoms with Crippen LogP contribution in [0.1, 0.15) is 29.5 Å². The molecule has 1 aromatic carbocycles. The van der Waals surface area contributed by atoms with E-state index in [9.17, 15) is 0 Å². The van der Waals surface area contributed by atoms with Gasteiger partial charge in [0.25, 0.3) is 0 Å². The van der Waals surface area contributed by atoms with E-state index in [1.165, 1.54) is 27.6 Å². The molecule has 2 aromatic rings. The summed E-state index contributed by atoms with van der Waals surface area (Å²) in [7, 11) is 2.12. The summed E-state index contributed by atoms with van der Waals surface area (Å²) < 4.78 is 2.22. The standard InChI is InChI=1S/C14H18N2/c1-9-4-5-11-12(14(15)6-7-14)8-16(3)13(11)10(9)2/h4-5,8H,6-7,15H2,1-3H3. The van der Waals surface area contributed by atoms with Gasteiger partial charge in [-0.15, -0.1) is 0 Å². The molecule has 1 aliphatic carbocycles. The molecule has 0 bridgehead atoms. The van der Waals surface area contributed by atoms with Crippen LogP contribution in [0.5, 0.6) is 0 Å². The van der Waals surface area contributed by atoms with Crippen molar-refractivity contribution >= 4 is 10.9 Å². The average molecular weight is 214 g/mol. The topological polar surface area (TPSA) is 30.9 Å². The van der Waals surface area contributed by atoms with Crippen LogP contribution in [-0.2, 0) is 12.6 Å². The van der Waals surface area contributed by atoms with Gasteiger partial charge in [0.05, 0.1) is 5.52 Å². The van der Waals surface area contributed by atoms with E-state index in [1.54, 1.807) is 0 Å². The van der Waals surface area contributed by atoms with Gasteiger partial charge in [0.2, 0.25) is 0 Å². The van der Waals surface area contributed by atoms with Crippen molar-refractivity contribution in [2.24, 2.45) is 12.8 Å². The third-order valence-corrected chi connectivity index (χ3v) is 3.99. The number of nitrogens with two attached hydrogens (primary N) is 1. The molecule has 84 valence electrons. The highest BCUT2D eigenvalue weighted by molar-refractivity contribution is 5.88. The first-order valence-corrected chi connectivity index (χ1v) is 5.87. The van der Waals surface area contributed by atoms with Crippen molar-refractivity contribution in [3.8, 4) is 0 Å². The molecule has 1 aromatic heterocycles. The molecule has 0 amide bonds. The van der Waals surface area contributed by atoms with Crippen LogP contribution in [0, 0.1) is 13.8 Å². The summed E-state index contributed by atoms with van der Waals surface area (Å²) in [4.78, 5) is 0. The van der Waals surface area contributed by atoms with Crippen molar-refractivity contribution in [3.63, 3.8) is 0 Å². The van der Waals surface area contributed by atoms with Crippen molar-refractivity contribution in [2.45, 2.75) is 32.2 Å².